The van der Waals surface area contributed by atoms with Gasteiger partial charge in [-0.05, 0) is 31.4 Å². The van der Waals surface area contributed by atoms with Crippen LogP contribution in [-0.4, -0.2) is 17.6 Å². The van der Waals surface area contributed by atoms with Crippen molar-refractivity contribution in [3.8, 4) is 0 Å². The van der Waals surface area contributed by atoms with Gasteiger partial charge >= 0.3 is 0 Å². The highest BCUT2D eigenvalue weighted by Gasteiger charge is 2.12. The Balaban J connectivity index is 2.51. The molecule has 0 N–H and O–H groups in total. The molecular formula is C10H11NOS. The van der Waals surface area contributed by atoms with E-state index in [9.17, 15) is 4.79 Å². The highest BCUT2D eigenvalue weighted by atomic mass is 32.2. The average molecular weight is 193 g/mol. The van der Waals surface area contributed by atoms with E-state index in [2.05, 4.69) is 11.2 Å². The molecule has 0 aromatic heterocycles. The Morgan fingerprint density at radius 2 is 2.23 bits per heavy atom. The van der Waals surface area contributed by atoms with Crippen LogP contribution in [0.1, 0.15) is 17.3 Å². The van der Waals surface area contributed by atoms with Crippen molar-refractivity contribution < 1.29 is 4.79 Å². The van der Waals surface area contributed by atoms with Crippen molar-refractivity contribution in [1.29, 1.82) is 0 Å². The lowest BCUT2D eigenvalue weighted by atomic mass is 10.1. The lowest BCUT2D eigenvalue weighted by Crippen LogP contribution is -1.91. The fourth-order valence-corrected chi connectivity index (χ4v) is 2.60. The van der Waals surface area contributed by atoms with Crippen LogP contribution in [0.25, 0.3) is 0 Å². The van der Waals surface area contributed by atoms with E-state index in [1.165, 1.54) is 4.90 Å². The Morgan fingerprint density at radius 3 is 2.92 bits per heavy atom. The Hall–Kier alpha value is -1.09. The van der Waals surface area contributed by atoms with Crippen LogP contribution in [0.4, 0.5) is 5.69 Å². The molecule has 2 nitrogen and oxygen atoms in total. The van der Waals surface area contributed by atoms with Crippen LogP contribution in [0, 0.1) is 0 Å². The van der Waals surface area contributed by atoms with E-state index in [0.717, 1.165) is 11.3 Å². The fraction of sp³-hybridized carbons (Fsp3) is 0.200. The Labute approximate surface area is 80.0 Å². The molecule has 1 heterocycles. The summed E-state index contributed by atoms with van der Waals surface area (Å²) in [5.41, 5.74) is 3.79. The molecule has 0 amide bonds. The zero-order chi connectivity index (χ0) is 9.42. The topological polar surface area (TPSA) is 29.4 Å². The van der Waals surface area contributed by atoms with Gasteiger partial charge in [-0.1, -0.05) is 0 Å². The van der Waals surface area contributed by atoms with Crippen LogP contribution in [0.2, 0.25) is 0 Å². The SMILES string of the molecule is CC(=O)c1ccc2c(c1)[SH](C)C=N2. The molecule has 1 aromatic carbocycles. The minimum Gasteiger partial charge on any atom is -0.295 e. The van der Waals surface area contributed by atoms with Crippen molar-refractivity contribution >= 4 is 27.9 Å². The molecule has 0 spiro atoms. The van der Waals surface area contributed by atoms with Crippen LogP contribution in [0.5, 0.6) is 0 Å². The second-order valence-corrected chi connectivity index (χ2v) is 5.05. The number of hydrogen-bond donors (Lipinski definition) is 1. The van der Waals surface area contributed by atoms with Crippen molar-refractivity contribution in [2.24, 2.45) is 4.99 Å². The molecule has 1 unspecified atom stereocenters. The number of Topliss-reactive ketones (excluding diaryl/α,β-unsaturated/α-hetero) is 1. The third kappa shape index (κ3) is 1.40. The number of nitrogens with zero attached hydrogens (tertiary/aromatic N) is 1. The summed E-state index contributed by atoms with van der Waals surface area (Å²) in [5.74, 6) is 0.123. The summed E-state index contributed by atoms with van der Waals surface area (Å²) < 4.78 is 0. The first kappa shape index (κ1) is 8.51. The maximum absolute atomic E-state index is 11.1. The van der Waals surface area contributed by atoms with Crippen molar-refractivity contribution in [3.63, 3.8) is 0 Å². The Bertz CT molecular complexity index is 398. The average Bonchev–Trinajstić information content (AvgIpc) is 2.47. The predicted molar refractivity (Wildman–Crippen MR) is 57.8 cm³/mol. The molecular weight excluding hydrogens is 182 g/mol. The molecule has 0 aliphatic carbocycles. The molecule has 0 radical (unpaired) electrons. The summed E-state index contributed by atoms with van der Waals surface area (Å²) in [6, 6.07) is 5.73. The van der Waals surface area contributed by atoms with Gasteiger partial charge in [0.15, 0.2) is 5.78 Å². The molecule has 1 aliphatic rings. The van der Waals surface area contributed by atoms with Gasteiger partial charge in [0.2, 0.25) is 0 Å². The van der Waals surface area contributed by atoms with Crippen LogP contribution in [0.3, 0.4) is 0 Å². The summed E-state index contributed by atoms with van der Waals surface area (Å²) in [6.45, 7) is 1.59. The molecule has 1 aromatic rings. The van der Waals surface area contributed by atoms with Gasteiger partial charge in [0.25, 0.3) is 0 Å². The third-order valence-corrected chi connectivity index (χ3v) is 3.71. The van der Waals surface area contributed by atoms with E-state index in [-0.39, 0.29) is 16.7 Å². The van der Waals surface area contributed by atoms with Gasteiger partial charge in [0, 0.05) is 16.0 Å². The number of carbonyl (C=O) groups is 1. The molecule has 0 saturated heterocycles. The first-order valence-electron chi connectivity index (χ1n) is 4.10. The molecule has 3 heteroatoms. The van der Waals surface area contributed by atoms with Gasteiger partial charge in [0.1, 0.15) is 0 Å². The molecule has 0 saturated carbocycles. The number of fused-ring (bicyclic) bond motifs is 1. The van der Waals surface area contributed by atoms with Crippen LogP contribution >= 0.6 is 10.9 Å². The summed E-state index contributed by atoms with van der Waals surface area (Å²) in [5, 5.41) is 0. The van der Waals surface area contributed by atoms with E-state index in [4.69, 9.17) is 0 Å². The van der Waals surface area contributed by atoms with Crippen LogP contribution in [-0.2, 0) is 0 Å². The summed E-state index contributed by atoms with van der Waals surface area (Å²) >= 11 is 0. The van der Waals surface area contributed by atoms with Gasteiger partial charge in [-0.3, -0.25) is 9.79 Å². The maximum Gasteiger partial charge on any atom is 0.159 e. The van der Waals surface area contributed by atoms with Crippen molar-refractivity contribution in [1.82, 2.24) is 0 Å². The molecule has 1 atom stereocenters. The quantitative estimate of drug-likeness (QED) is 0.539. The van der Waals surface area contributed by atoms with Gasteiger partial charge in [0.05, 0.1) is 5.69 Å². The van der Waals surface area contributed by atoms with Gasteiger partial charge in [-0.2, -0.15) is 10.9 Å². The molecule has 13 heavy (non-hydrogen) atoms. The smallest absolute Gasteiger partial charge is 0.159 e. The monoisotopic (exact) mass is 193 g/mol. The fourth-order valence-electron chi connectivity index (χ4n) is 1.35. The number of rotatable bonds is 1. The zero-order valence-corrected chi connectivity index (χ0v) is 8.51. The highest BCUT2D eigenvalue weighted by Crippen LogP contribution is 2.43. The number of ketones is 1. The lowest BCUT2D eigenvalue weighted by molar-refractivity contribution is 0.101. The molecule has 68 valence electrons. The van der Waals surface area contributed by atoms with E-state index in [1.54, 1.807) is 6.92 Å². The number of thiol groups is 1. The molecule has 0 fully saturated rings. The summed E-state index contributed by atoms with van der Waals surface area (Å²) in [6.07, 6.45) is 2.15. The van der Waals surface area contributed by atoms with Gasteiger partial charge < -0.3 is 0 Å². The Morgan fingerprint density at radius 1 is 1.46 bits per heavy atom. The van der Waals surface area contributed by atoms with E-state index in [0.29, 0.717) is 0 Å². The highest BCUT2D eigenvalue weighted by molar-refractivity contribution is 8.28. The second kappa shape index (κ2) is 3.00. The third-order valence-electron chi connectivity index (χ3n) is 2.13. The normalized spacial score (nSPS) is 21.5. The Kier molecular flexibility index (Phi) is 1.96. The van der Waals surface area contributed by atoms with E-state index in [1.807, 2.05) is 23.7 Å². The summed E-state index contributed by atoms with van der Waals surface area (Å²) in [7, 11) is -0.266. The second-order valence-electron chi connectivity index (χ2n) is 3.12. The predicted octanol–water partition coefficient (Wildman–Crippen LogP) is 2.55. The largest absolute Gasteiger partial charge is 0.295 e. The number of aliphatic imine (C=N–C) groups is 1. The van der Waals surface area contributed by atoms with Crippen molar-refractivity contribution in [3.05, 3.63) is 23.8 Å². The molecule has 0 bridgehead atoms. The van der Waals surface area contributed by atoms with Crippen LogP contribution < -0.4 is 0 Å². The minimum absolute atomic E-state index is 0.123. The van der Waals surface area contributed by atoms with Gasteiger partial charge in [-0.15, -0.1) is 0 Å². The first-order chi connectivity index (χ1) is 6.18. The number of benzene rings is 1. The van der Waals surface area contributed by atoms with Gasteiger partial charge in [-0.25, -0.2) is 0 Å². The maximum atomic E-state index is 11.1. The lowest BCUT2D eigenvalue weighted by Gasteiger charge is -2.06. The van der Waals surface area contributed by atoms with Crippen LogP contribution in [0.15, 0.2) is 28.1 Å². The zero-order valence-electron chi connectivity index (χ0n) is 7.61. The first-order valence-corrected chi connectivity index (χ1v) is 5.96. The number of carbonyl (C=O) groups excluding carboxylic acids is 1. The summed E-state index contributed by atoms with van der Waals surface area (Å²) in [4.78, 5) is 16.6. The molecule has 1 aliphatic heterocycles. The van der Waals surface area contributed by atoms with Crippen molar-refractivity contribution in [2.75, 3.05) is 6.26 Å². The van der Waals surface area contributed by atoms with E-state index < -0.39 is 0 Å². The van der Waals surface area contributed by atoms with E-state index >= 15 is 0 Å². The minimum atomic E-state index is -0.266. The van der Waals surface area contributed by atoms with Crippen molar-refractivity contribution in [2.45, 2.75) is 11.8 Å². The molecule has 2 rings (SSSR count). The number of hydrogen-bond acceptors (Lipinski definition) is 2. The standard InChI is InChI=1S/C10H11NOS/c1-7(12)8-3-4-9-10(5-8)13(2)6-11-9/h3-6,13H,1-2H3.